The van der Waals surface area contributed by atoms with Crippen LogP contribution in [0, 0.1) is 5.41 Å². The van der Waals surface area contributed by atoms with E-state index in [9.17, 15) is 4.79 Å². The van der Waals surface area contributed by atoms with Crippen molar-refractivity contribution < 1.29 is 9.53 Å². The molecule has 0 heterocycles. The highest BCUT2D eigenvalue weighted by atomic mass is 35.5. The molecule has 0 unspecified atom stereocenters. The third kappa shape index (κ3) is 4.13. The molecule has 3 heteroatoms. The number of fused-ring (bicyclic) bond motifs is 3. The Morgan fingerprint density at radius 1 is 0.950 bits per heavy atom. The van der Waals surface area contributed by atoms with E-state index in [2.05, 4.69) is 6.92 Å². The van der Waals surface area contributed by atoms with E-state index in [1.165, 1.54) is 64.2 Å². The van der Waals surface area contributed by atoms with Crippen molar-refractivity contribution in [2.45, 2.75) is 96.0 Å². The van der Waals surface area contributed by atoms with Crippen LogP contribution in [0.25, 0.3) is 0 Å². The van der Waals surface area contributed by atoms with E-state index >= 15 is 0 Å². The summed E-state index contributed by atoms with van der Waals surface area (Å²) < 4.78 is 5.41. The van der Waals surface area contributed by atoms with E-state index in [1.807, 2.05) is 0 Å². The van der Waals surface area contributed by atoms with Crippen LogP contribution in [-0.2, 0) is 4.74 Å². The minimum absolute atomic E-state index is 0.207. The number of ether oxygens (including phenoxy) is 1. The molecule has 0 aromatic rings. The lowest BCUT2D eigenvalue weighted by Gasteiger charge is -2.52. The Hall–Kier alpha value is -0.240. The molecule has 3 saturated carbocycles. The smallest absolute Gasteiger partial charge is 0.404 e. The number of halogens is 1. The van der Waals surface area contributed by atoms with E-state index < -0.39 is 5.43 Å². The maximum Gasteiger partial charge on any atom is 0.404 e. The number of unbranched alkanes of at least 4 members (excludes halogenated alkanes) is 5. The van der Waals surface area contributed by atoms with Crippen LogP contribution in [0.1, 0.15) is 90.4 Å². The second-order valence-corrected chi connectivity index (χ2v) is 7.35. The van der Waals surface area contributed by atoms with Crippen LogP contribution in [0.2, 0.25) is 0 Å². The Balaban J connectivity index is 1.69. The lowest BCUT2D eigenvalue weighted by molar-refractivity contribution is -0.0935. The highest BCUT2D eigenvalue weighted by Crippen LogP contribution is 2.56. The van der Waals surface area contributed by atoms with Crippen LogP contribution in [0.4, 0.5) is 4.79 Å². The van der Waals surface area contributed by atoms with Crippen molar-refractivity contribution in [2.75, 3.05) is 0 Å². The van der Waals surface area contributed by atoms with Gasteiger partial charge in [0.05, 0.1) is 0 Å². The molecule has 0 amide bonds. The molecule has 0 N–H and O–H groups in total. The van der Waals surface area contributed by atoms with Crippen LogP contribution in [0.3, 0.4) is 0 Å². The van der Waals surface area contributed by atoms with Gasteiger partial charge in [-0.25, -0.2) is 4.79 Å². The average Bonchev–Trinajstić information content (AvgIpc) is 2.44. The molecule has 2 nitrogen and oxygen atoms in total. The van der Waals surface area contributed by atoms with Crippen LogP contribution in [0.15, 0.2) is 0 Å². The van der Waals surface area contributed by atoms with Crippen molar-refractivity contribution in [1.29, 1.82) is 0 Å². The highest BCUT2D eigenvalue weighted by molar-refractivity contribution is 6.61. The maximum absolute atomic E-state index is 11.0. The summed E-state index contributed by atoms with van der Waals surface area (Å²) in [4.78, 5) is 11.0. The van der Waals surface area contributed by atoms with Gasteiger partial charge in [-0.3, -0.25) is 0 Å². The predicted molar refractivity (Wildman–Crippen MR) is 83.2 cm³/mol. The van der Waals surface area contributed by atoms with Crippen molar-refractivity contribution in [3.05, 3.63) is 0 Å². The largest absolute Gasteiger partial charge is 0.447 e. The molecule has 3 fully saturated rings. The Labute approximate surface area is 128 Å². The minimum Gasteiger partial charge on any atom is -0.447 e. The fraction of sp³-hybridized carbons (Fsp3) is 0.941. The monoisotopic (exact) mass is 300 g/mol. The molecule has 20 heavy (non-hydrogen) atoms. The summed E-state index contributed by atoms with van der Waals surface area (Å²) in [6, 6.07) is 0. The standard InChI is InChI=1S/C17H29ClO2/c1-2-3-4-5-6-7-8-16-9-12-17(13-10-16,14-11-16)20-15(18)19/h2-14H2,1H3. The number of hydrogen-bond acceptors (Lipinski definition) is 2. The molecule has 0 radical (unpaired) electrons. The summed E-state index contributed by atoms with van der Waals surface area (Å²) in [5.74, 6) is 0. The molecule has 2 bridgehead atoms. The maximum atomic E-state index is 11.0. The Bertz CT molecular complexity index is 302. The molecule has 3 rings (SSSR count). The van der Waals surface area contributed by atoms with Gasteiger partial charge in [0.25, 0.3) is 0 Å². The van der Waals surface area contributed by atoms with Gasteiger partial charge in [0.15, 0.2) is 0 Å². The Morgan fingerprint density at radius 3 is 2.05 bits per heavy atom. The molecule has 0 atom stereocenters. The zero-order valence-corrected chi connectivity index (χ0v) is 13.6. The molecule has 0 aromatic carbocycles. The summed E-state index contributed by atoms with van der Waals surface area (Å²) in [5, 5.41) is 0. The summed E-state index contributed by atoms with van der Waals surface area (Å²) >= 11 is 5.41. The average molecular weight is 301 g/mol. The van der Waals surface area contributed by atoms with Gasteiger partial charge in [0.1, 0.15) is 5.60 Å². The van der Waals surface area contributed by atoms with Gasteiger partial charge in [-0.2, -0.15) is 0 Å². The second kappa shape index (κ2) is 7.15. The molecule has 0 saturated heterocycles. The van der Waals surface area contributed by atoms with Gasteiger partial charge in [-0.15, -0.1) is 0 Å². The lowest BCUT2D eigenvalue weighted by Crippen LogP contribution is -2.48. The SMILES string of the molecule is CCCCCCCCC12CCC(OC(=O)Cl)(CC1)CC2. The molecule has 116 valence electrons. The van der Waals surface area contributed by atoms with Crippen LogP contribution < -0.4 is 0 Å². The van der Waals surface area contributed by atoms with Gasteiger partial charge in [-0.1, -0.05) is 45.4 Å². The number of hydrogen-bond donors (Lipinski definition) is 0. The molecule has 0 aromatic heterocycles. The predicted octanol–water partition coefficient (Wildman–Crippen LogP) is 6.21. The van der Waals surface area contributed by atoms with Crippen molar-refractivity contribution in [3.8, 4) is 0 Å². The topological polar surface area (TPSA) is 26.3 Å². The molecule has 3 aliphatic carbocycles. The highest BCUT2D eigenvalue weighted by Gasteiger charge is 2.50. The van der Waals surface area contributed by atoms with Gasteiger partial charge in [0.2, 0.25) is 0 Å². The van der Waals surface area contributed by atoms with Crippen molar-refractivity contribution >= 4 is 17.0 Å². The quantitative estimate of drug-likeness (QED) is 0.394. The zero-order valence-electron chi connectivity index (χ0n) is 12.9. The first-order valence-corrected chi connectivity index (χ1v) is 8.86. The normalized spacial score (nSPS) is 32.3. The summed E-state index contributed by atoms with van der Waals surface area (Å²) in [6.45, 7) is 2.27. The van der Waals surface area contributed by atoms with E-state index in [1.54, 1.807) is 0 Å². The molecule has 3 aliphatic rings. The van der Waals surface area contributed by atoms with E-state index in [0.29, 0.717) is 5.41 Å². The van der Waals surface area contributed by atoms with Crippen LogP contribution >= 0.6 is 11.6 Å². The first-order valence-electron chi connectivity index (χ1n) is 8.48. The Kier molecular flexibility index (Phi) is 5.77. The van der Waals surface area contributed by atoms with Gasteiger partial charge >= 0.3 is 5.43 Å². The Morgan fingerprint density at radius 2 is 1.50 bits per heavy atom. The molecule has 0 spiro atoms. The third-order valence-corrected chi connectivity index (χ3v) is 5.77. The van der Waals surface area contributed by atoms with Crippen LogP contribution in [0.5, 0.6) is 0 Å². The fourth-order valence-corrected chi connectivity index (χ4v) is 4.37. The van der Waals surface area contributed by atoms with Gasteiger partial charge in [-0.05, 0) is 50.4 Å². The van der Waals surface area contributed by atoms with E-state index in [-0.39, 0.29) is 5.60 Å². The van der Waals surface area contributed by atoms with Crippen molar-refractivity contribution in [1.82, 2.24) is 0 Å². The van der Waals surface area contributed by atoms with Gasteiger partial charge in [0, 0.05) is 11.6 Å². The fourth-order valence-electron chi connectivity index (χ4n) is 4.21. The summed E-state index contributed by atoms with van der Waals surface area (Å²) in [6.07, 6.45) is 16.4. The molecule has 0 aliphatic heterocycles. The lowest BCUT2D eigenvalue weighted by atomic mass is 9.57. The number of carbonyl (C=O) groups is 1. The zero-order chi connectivity index (χ0) is 14.5. The van der Waals surface area contributed by atoms with Gasteiger partial charge < -0.3 is 4.74 Å². The summed E-state index contributed by atoms with van der Waals surface area (Å²) in [5.41, 5.74) is -0.261. The van der Waals surface area contributed by atoms with Crippen LogP contribution in [-0.4, -0.2) is 11.0 Å². The molecular formula is C17H29ClO2. The minimum atomic E-state index is -0.615. The van der Waals surface area contributed by atoms with Crippen molar-refractivity contribution in [2.24, 2.45) is 5.41 Å². The second-order valence-electron chi connectivity index (χ2n) is 7.04. The first-order chi connectivity index (χ1) is 9.60. The van der Waals surface area contributed by atoms with Crippen molar-refractivity contribution in [3.63, 3.8) is 0 Å². The summed E-state index contributed by atoms with van der Waals surface area (Å²) in [7, 11) is 0. The van der Waals surface area contributed by atoms with E-state index in [0.717, 1.165) is 19.3 Å². The number of rotatable bonds is 8. The molecular weight excluding hydrogens is 272 g/mol. The number of carbonyl (C=O) groups excluding carboxylic acids is 1. The van der Waals surface area contributed by atoms with E-state index in [4.69, 9.17) is 16.3 Å². The first kappa shape index (κ1) is 16.1. The third-order valence-electron chi connectivity index (χ3n) is 5.69.